The minimum Gasteiger partial charge on any atom is -0.390 e. The lowest BCUT2D eigenvalue weighted by atomic mass is 10.3. The van der Waals surface area contributed by atoms with Crippen molar-refractivity contribution in [2.45, 2.75) is 13.8 Å². The van der Waals surface area contributed by atoms with Crippen molar-refractivity contribution in [2.75, 3.05) is 6.54 Å². The van der Waals surface area contributed by atoms with Crippen LogP contribution in [0.5, 0.6) is 0 Å². The Morgan fingerprint density at radius 2 is 2.62 bits per heavy atom. The van der Waals surface area contributed by atoms with Crippen molar-refractivity contribution in [2.24, 2.45) is 0 Å². The summed E-state index contributed by atoms with van der Waals surface area (Å²) in [4.78, 5) is 4.22. The number of nitriles is 1. The van der Waals surface area contributed by atoms with Crippen molar-refractivity contribution in [1.82, 2.24) is 10.3 Å². The summed E-state index contributed by atoms with van der Waals surface area (Å²) in [5.41, 5.74) is 1.55. The van der Waals surface area contributed by atoms with E-state index in [1.807, 2.05) is 19.2 Å². The molecular weight excluding hydrogens is 182 g/mol. The third kappa shape index (κ3) is 2.56. The highest BCUT2D eigenvalue weighted by atomic mass is 32.1. The molecule has 0 saturated heterocycles. The fourth-order valence-corrected chi connectivity index (χ4v) is 1.59. The van der Waals surface area contributed by atoms with E-state index in [1.54, 1.807) is 6.20 Å². The maximum absolute atomic E-state index is 8.82. The molecule has 1 aromatic rings. The Hall–Kier alpha value is -1.34. The summed E-state index contributed by atoms with van der Waals surface area (Å²) >= 11 is 1.49. The number of hydrogen-bond acceptors (Lipinski definition) is 4. The van der Waals surface area contributed by atoms with Gasteiger partial charge in [-0.25, -0.2) is 4.98 Å². The Bertz CT molecular complexity index is 346. The van der Waals surface area contributed by atoms with Gasteiger partial charge in [-0.1, -0.05) is 0 Å². The van der Waals surface area contributed by atoms with E-state index >= 15 is 0 Å². The molecule has 0 aliphatic heterocycles. The molecule has 0 bridgehead atoms. The van der Waals surface area contributed by atoms with E-state index in [2.05, 4.69) is 16.4 Å². The van der Waals surface area contributed by atoms with Crippen molar-refractivity contribution in [3.63, 3.8) is 0 Å². The van der Waals surface area contributed by atoms with E-state index < -0.39 is 0 Å². The second-order valence-corrected chi connectivity index (χ2v) is 3.38. The molecule has 1 heterocycles. The van der Waals surface area contributed by atoms with Crippen molar-refractivity contribution >= 4 is 16.9 Å². The molecule has 1 aromatic heterocycles. The van der Waals surface area contributed by atoms with Crippen molar-refractivity contribution in [3.8, 4) is 6.07 Å². The SMILES string of the molecule is CCN/C=C(/C#N)c1nc(C)cs1. The Morgan fingerprint density at radius 1 is 1.85 bits per heavy atom. The number of nitrogens with zero attached hydrogens (tertiary/aromatic N) is 2. The molecule has 0 fully saturated rings. The Morgan fingerprint density at radius 3 is 3.08 bits per heavy atom. The molecule has 1 N–H and O–H groups in total. The quantitative estimate of drug-likeness (QED) is 0.746. The van der Waals surface area contributed by atoms with E-state index in [1.165, 1.54) is 11.3 Å². The average Bonchev–Trinajstić information content (AvgIpc) is 2.54. The third-order valence-electron chi connectivity index (χ3n) is 1.42. The summed E-state index contributed by atoms with van der Waals surface area (Å²) in [6, 6.07) is 2.11. The van der Waals surface area contributed by atoms with Crippen LogP contribution in [0.25, 0.3) is 5.57 Å². The normalized spacial score (nSPS) is 11.0. The summed E-state index contributed by atoms with van der Waals surface area (Å²) in [7, 11) is 0. The molecule has 3 nitrogen and oxygen atoms in total. The standard InChI is InChI=1S/C9H11N3S/c1-3-11-5-8(4-10)9-12-7(2)6-13-9/h5-6,11H,3H2,1-2H3/b8-5-. The molecule has 4 heteroatoms. The summed E-state index contributed by atoms with van der Waals surface area (Å²) in [6.07, 6.45) is 1.71. The van der Waals surface area contributed by atoms with E-state index in [0.29, 0.717) is 5.57 Å². The number of hydrogen-bond donors (Lipinski definition) is 1. The second-order valence-electron chi connectivity index (χ2n) is 2.52. The van der Waals surface area contributed by atoms with Crippen LogP contribution in [0.2, 0.25) is 0 Å². The predicted molar refractivity (Wildman–Crippen MR) is 54.1 cm³/mol. The van der Waals surface area contributed by atoms with Gasteiger partial charge in [0.15, 0.2) is 0 Å². The van der Waals surface area contributed by atoms with Crippen LogP contribution in [0.3, 0.4) is 0 Å². The molecule has 13 heavy (non-hydrogen) atoms. The van der Waals surface area contributed by atoms with E-state index in [4.69, 9.17) is 5.26 Å². The summed E-state index contributed by atoms with van der Waals surface area (Å²) in [6.45, 7) is 4.72. The minimum absolute atomic E-state index is 0.597. The lowest BCUT2D eigenvalue weighted by Gasteiger charge is -1.94. The lowest BCUT2D eigenvalue weighted by molar-refractivity contribution is 0.921. The zero-order valence-corrected chi connectivity index (χ0v) is 8.48. The van der Waals surface area contributed by atoms with Gasteiger partial charge in [-0.3, -0.25) is 0 Å². The predicted octanol–water partition coefficient (Wildman–Crippen LogP) is 1.93. The van der Waals surface area contributed by atoms with E-state index in [9.17, 15) is 0 Å². The largest absolute Gasteiger partial charge is 0.390 e. The van der Waals surface area contributed by atoms with Crippen LogP contribution in [0.1, 0.15) is 17.6 Å². The van der Waals surface area contributed by atoms with Crippen LogP contribution in [0.15, 0.2) is 11.6 Å². The van der Waals surface area contributed by atoms with Crippen LogP contribution in [-0.4, -0.2) is 11.5 Å². The van der Waals surface area contributed by atoms with Gasteiger partial charge in [-0.2, -0.15) is 5.26 Å². The van der Waals surface area contributed by atoms with Gasteiger partial charge in [0, 0.05) is 23.8 Å². The van der Waals surface area contributed by atoms with Crippen LogP contribution >= 0.6 is 11.3 Å². The maximum atomic E-state index is 8.82. The molecule has 0 aromatic carbocycles. The molecule has 68 valence electrons. The van der Waals surface area contributed by atoms with Gasteiger partial charge in [0.2, 0.25) is 0 Å². The van der Waals surface area contributed by atoms with Gasteiger partial charge in [0.25, 0.3) is 0 Å². The van der Waals surface area contributed by atoms with E-state index in [-0.39, 0.29) is 0 Å². The highest BCUT2D eigenvalue weighted by Crippen LogP contribution is 2.17. The zero-order valence-electron chi connectivity index (χ0n) is 7.66. The van der Waals surface area contributed by atoms with Crippen molar-refractivity contribution < 1.29 is 0 Å². The van der Waals surface area contributed by atoms with Gasteiger partial charge in [-0.05, 0) is 13.8 Å². The van der Waals surface area contributed by atoms with Gasteiger partial charge in [0.1, 0.15) is 16.6 Å². The monoisotopic (exact) mass is 193 g/mol. The maximum Gasteiger partial charge on any atom is 0.135 e. The summed E-state index contributed by atoms with van der Waals surface area (Å²) in [5.74, 6) is 0. The summed E-state index contributed by atoms with van der Waals surface area (Å²) in [5, 5.41) is 14.5. The van der Waals surface area contributed by atoms with Crippen LogP contribution in [0.4, 0.5) is 0 Å². The number of aromatic nitrogens is 1. The first-order valence-corrected chi connectivity index (χ1v) is 4.92. The molecule has 0 spiro atoms. The fraction of sp³-hybridized carbons (Fsp3) is 0.333. The molecule has 0 aliphatic rings. The molecular formula is C9H11N3S. The number of rotatable bonds is 3. The first-order chi connectivity index (χ1) is 6.27. The summed E-state index contributed by atoms with van der Waals surface area (Å²) < 4.78 is 0. The third-order valence-corrected chi connectivity index (χ3v) is 2.41. The number of thiazole rings is 1. The Labute approximate surface area is 81.7 Å². The molecule has 0 radical (unpaired) electrons. The van der Waals surface area contributed by atoms with E-state index in [0.717, 1.165) is 17.2 Å². The molecule has 0 unspecified atom stereocenters. The smallest absolute Gasteiger partial charge is 0.135 e. The molecule has 1 rings (SSSR count). The zero-order chi connectivity index (χ0) is 9.68. The highest BCUT2D eigenvalue weighted by molar-refractivity contribution is 7.10. The van der Waals surface area contributed by atoms with Crippen LogP contribution in [-0.2, 0) is 0 Å². The van der Waals surface area contributed by atoms with Gasteiger partial charge in [-0.15, -0.1) is 11.3 Å². The van der Waals surface area contributed by atoms with Gasteiger partial charge in [0.05, 0.1) is 0 Å². The molecule has 0 atom stereocenters. The number of allylic oxidation sites excluding steroid dienone is 1. The van der Waals surface area contributed by atoms with Crippen LogP contribution < -0.4 is 5.32 Å². The Balaban J connectivity index is 2.86. The molecule has 0 saturated carbocycles. The second kappa shape index (κ2) is 4.63. The molecule has 0 aliphatic carbocycles. The first-order valence-electron chi connectivity index (χ1n) is 4.04. The molecule has 0 amide bonds. The van der Waals surface area contributed by atoms with Crippen LogP contribution in [0, 0.1) is 18.3 Å². The minimum atomic E-state index is 0.597. The van der Waals surface area contributed by atoms with Gasteiger partial charge >= 0.3 is 0 Å². The first kappa shape index (κ1) is 9.75. The Kier molecular flexibility index (Phi) is 3.47. The van der Waals surface area contributed by atoms with Gasteiger partial charge < -0.3 is 5.32 Å². The van der Waals surface area contributed by atoms with Crippen molar-refractivity contribution in [3.05, 3.63) is 22.3 Å². The lowest BCUT2D eigenvalue weighted by Crippen LogP contribution is -2.03. The number of nitrogens with one attached hydrogen (secondary N) is 1. The number of aryl methyl sites for hydroxylation is 1. The topological polar surface area (TPSA) is 48.7 Å². The van der Waals surface area contributed by atoms with Crippen molar-refractivity contribution in [1.29, 1.82) is 5.26 Å². The average molecular weight is 193 g/mol. The fourth-order valence-electron chi connectivity index (χ4n) is 0.824. The highest BCUT2D eigenvalue weighted by Gasteiger charge is 2.03.